The van der Waals surface area contributed by atoms with Gasteiger partial charge < -0.3 is 14.2 Å². The van der Waals surface area contributed by atoms with Gasteiger partial charge in [0.05, 0.1) is 16.9 Å². The number of halogens is 1. The first-order chi connectivity index (χ1) is 13.1. The van der Waals surface area contributed by atoms with E-state index in [2.05, 4.69) is 10.1 Å². The topological polar surface area (TPSA) is 75.5 Å². The molecule has 0 unspecified atom stereocenters. The molecule has 27 heavy (non-hydrogen) atoms. The summed E-state index contributed by atoms with van der Waals surface area (Å²) < 4.78 is 18.0. The van der Waals surface area contributed by atoms with Crippen LogP contribution in [0.3, 0.4) is 0 Å². The standard InChI is InChI=1S/C19H16ClN3O4/c1-12-14(10-22-23(12)17-4-2-3-5-21-17)19(24)27-11-13-8-15(20)18-16(9-13)25-6-7-26-18/h2-5,8-10H,6-7,11H2,1H3. The number of rotatable bonds is 4. The van der Waals surface area contributed by atoms with Crippen molar-refractivity contribution in [2.45, 2.75) is 13.5 Å². The molecule has 2 aromatic heterocycles. The van der Waals surface area contributed by atoms with Crippen LogP contribution in [0.15, 0.2) is 42.7 Å². The van der Waals surface area contributed by atoms with Gasteiger partial charge in [0, 0.05) is 6.20 Å². The average molecular weight is 386 g/mol. The molecule has 0 saturated carbocycles. The maximum Gasteiger partial charge on any atom is 0.341 e. The summed E-state index contributed by atoms with van der Waals surface area (Å²) in [6, 6.07) is 8.94. The number of carbonyl (C=O) groups is 1. The first-order valence-electron chi connectivity index (χ1n) is 8.34. The van der Waals surface area contributed by atoms with Crippen molar-refractivity contribution in [1.29, 1.82) is 0 Å². The number of aromatic nitrogens is 3. The SMILES string of the molecule is Cc1c(C(=O)OCc2cc(Cl)c3c(c2)OCCO3)cnn1-c1ccccn1. The number of benzene rings is 1. The molecule has 3 heterocycles. The van der Waals surface area contributed by atoms with E-state index in [0.717, 1.165) is 0 Å². The van der Waals surface area contributed by atoms with E-state index in [4.69, 9.17) is 25.8 Å². The van der Waals surface area contributed by atoms with Gasteiger partial charge >= 0.3 is 5.97 Å². The van der Waals surface area contributed by atoms with Gasteiger partial charge in [0.2, 0.25) is 0 Å². The van der Waals surface area contributed by atoms with E-state index in [1.165, 1.54) is 6.20 Å². The Morgan fingerprint density at radius 3 is 2.96 bits per heavy atom. The zero-order chi connectivity index (χ0) is 18.8. The predicted molar refractivity (Wildman–Crippen MR) is 97.7 cm³/mol. The molecule has 4 rings (SSSR count). The van der Waals surface area contributed by atoms with Gasteiger partial charge in [0.1, 0.15) is 25.4 Å². The molecule has 1 aromatic carbocycles. The second kappa shape index (κ2) is 7.28. The third-order valence-electron chi connectivity index (χ3n) is 4.12. The molecule has 0 radical (unpaired) electrons. The van der Waals surface area contributed by atoms with E-state index in [-0.39, 0.29) is 6.61 Å². The van der Waals surface area contributed by atoms with Crippen LogP contribution in [0.5, 0.6) is 11.5 Å². The molecule has 0 bridgehead atoms. The second-order valence-electron chi connectivity index (χ2n) is 5.92. The molecular weight excluding hydrogens is 370 g/mol. The molecule has 0 saturated heterocycles. The summed E-state index contributed by atoms with van der Waals surface area (Å²) in [5.41, 5.74) is 1.75. The largest absolute Gasteiger partial charge is 0.486 e. The van der Waals surface area contributed by atoms with Gasteiger partial charge in [-0.3, -0.25) is 0 Å². The van der Waals surface area contributed by atoms with Crippen LogP contribution in [-0.2, 0) is 11.3 Å². The van der Waals surface area contributed by atoms with Gasteiger partial charge in [-0.1, -0.05) is 17.7 Å². The zero-order valence-corrected chi connectivity index (χ0v) is 15.3. The Morgan fingerprint density at radius 1 is 1.30 bits per heavy atom. The van der Waals surface area contributed by atoms with Crippen molar-refractivity contribution in [3.05, 3.63) is 64.6 Å². The molecular formula is C19H16ClN3O4. The molecule has 8 heteroatoms. The van der Waals surface area contributed by atoms with E-state index in [1.807, 2.05) is 18.2 Å². The molecule has 0 fully saturated rings. The molecule has 0 atom stereocenters. The van der Waals surface area contributed by atoms with E-state index in [9.17, 15) is 4.79 Å². The second-order valence-corrected chi connectivity index (χ2v) is 6.33. The molecule has 0 aliphatic carbocycles. The smallest absolute Gasteiger partial charge is 0.341 e. The lowest BCUT2D eigenvalue weighted by molar-refractivity contribution is 0.0471. The number of ether oxygens (including phenoxy) is 3. The highest BCUT2D eigenvalue weighted by Crippen LogP contribution is 2.38. The first-order valence-corrected chi connectivity index (χ1v) is 8.72. The summed E-state index contributed by atoms with van der Waals surface area (Å²) in [4.78, 5) is 16.7. The zero-order valence-electron chi connectivity index (χ0n) is 14.5. The number of hydrogen-bond donors (Lipinski definition) is 0. The Bertz CT molecular complexity index is 988. The van der Waals surface area contributed by atoms with Crippen molar-refractivity contribution in [2.75, 3.05) is 13.2 Å². The highest BCUT2D eigenvalue weighted by molar-refractivity contribution is 6.32. The molecule has 0 amide bonds. The molecule has 0 N–H and O–H groups in total. The Kier molecular flexibility index (Phi) is 4.68. The number of nitrogens with zero attached hydrogens (tertiary/aromatic N) is 3. The van der Waals surface area contributed by atoms with Crippen LogP contribution >= 0.6 is 11.6 Å². The minimum absolute atomic E-state index is 0.0589. The minimum atomic E-state index is -0.472. The van der Waals surface area contributed by atoms with Gasteiger partial charge in [-0.25, -0.2) is 14.5 Å². The molecule has 138 valence electrons. The van der Waals surface area contributed by atoms with Crippen LogP contribution in [0.4, 0.5) is 0 Å². The molecule has 1 aliphatic rings. The summed E-state index contributed by atoms with van der Waals surface area (Å²) in [6.45, 7) is 2.77. The maximum atomic E-state index is 12.5. The van der Waals surface area contributed by atoms with Crippen molar-refractivity contribution < 1.29 is 19.0 Å². The fourth-order valence-electron chi connectivity index (χ4n) is 2.79. The van der Waals surface area contributed by atoms with Crippen molar-refractivity contribution in [3.8, 4) is 17.3 Å². The van der Waals surface area contributed by atoms with Crippen molar-refractivity contribution in [1.82, 2.24) is 14.8 Å². The number of esters is 1. The van der Waals surface area contributed by atoms with Crippen LogP contribution in [0.1, 0.15) is 21.6 Å². The van der Waals surface area contributed by atoms with Crippen molar-refractivity contribution in [3.63, 3.8) is 0 Å². The van der Waals surface area contributed by atoms with Gasteiger partial charge in [-0.15, -0.1) is 0 Å². The Morgan fingerprint density at radius 2 is 2.15 bits per heavy atom. The Hall–Kier alpha value is -3.06. The normalized spacial score (nSPS) is 12.7. The minimum Gasteiger partial charge on any atom is -0.486 e. The van der Waals surface area contributed by atoms with Crippen LogP contribution in [0, 0.1) is 6.92 Å². The van der Waals surface area contributed by atoms with Crippen LogP contribution in [0.25, 0.3) is 5.82 Å². The number of fused-ring (bicyclic) bond motifs is 1. The molecule has 0 spiro atoms. The van der Waals surface area contributed by atoms with E-state index < -0.39 is 5.97 Å². The lowest BCUT2D eigenvalue weighted by Crippen LogP contribution is -2.16. The van der Waals surface area contributed by atoms with Gasteiger partial charge in [-0.2, -0.15) is 5.10 Å². The fraction of sp³-hybridized carbons (Fsp3) is 0.211. The molecule has 1 aliphatic heterocycles. The van der Waals surface area contributed by atoms with Crippen molar-refractivity contribution in [2.24, 2.45) is 0 Å². The summed E-state index contributed by atoms with van der Waals surface area (Å²) in [7, 11) is 0. The van der Waals surface area contributed by atoms with Gasteiger partial charge in [-0.05, 0) is 36.8 Å². The molecule has 3 aromatic rings. The quantitative estimate of drug-likeness (QED) is 0.641. The number of pyridine rings is 1. The average Bonchev–Trinajstić information content (AvgIpc) is 3.08. The Labute approximate surface area is 160 Å². The summed E-state index contributed by atoms with van der Waals surface area (Å²) in [6.07, 6.45) is 3.14. The highest BCUT2D eigenvalue weighted by Gasteiger charge is 2.19. The first kappa shape index (κ1) is 17.4. The van der Waals surface area contributed by atoms with Gasteiger partial charge in [0.25, 0.3) is 0 Å². The predicted octanol–water partition coefficient (Wildman–Crippen LogP) is 3.36. The number of carbonyl (C=O) groups excluding carboxylic acids is 1. The lowest BCUT2D eigenvalue weighted by Gasteiger charge is -2.20. The van der Waals surface area contributed by atoms with E-state index in [0.29, 0.717) is 52.4 Å². The maximum absolute atomic E-state index is 12.5. The summed E-state index contributed by atoms with van der Waals surface area (Å²) >= 11 is 6.21. The van der Waals surface area contributed by atoms with Gasteiger partial charge in [0.15, 0.2) is 17.3 Å². The van der Waals surface area contributed by atoms with Crippen LogP contribution in [0.2, 0.25) is 5.02 Å². The van der Waals surface area contributed by atoms with Crippen LogP contribution in [-0.4, -0.2) is 33.9 Å². The summed E-state index contributed by atoms with van der Waals surface area (Å²) in [5, 5.41) is 4.66. The summed E-state index contributed by atoms with van der Waals surface area (Å²) in [5.74, 6) is 1.23. The molecule has 7 nitrogen and oxygen atoms in total. The fourth-order valence-corrected chi connectivity index (χ4v) is 3.08. The van der Waals surface area contributed by atoms with E-state index in [1.54, 1.807) is 29.9 Å². The van der Waals surface area contributed by atoms with Crippen LogP contribution < -0.4 is 9.47 Å². The highest BCUT2D eigenvalue weighted by atomic mass is 35.5. The van der Waals surface area contributed by atoms with E-state index >= 15 is 0 Å². The number of hydrogen-bond acceptors (Lipinski definition) is 6. The third-order valence-corrected chi connectivity index (χ3v) is 4.40. The monoisotopic (exact) mass is 385 g/mol. The Balaban J connectivity index is 1.49. The third kappa shape index (κ3) is 3.46. The lowest BCUT2D eigenvalue weighted by atomic mass is 10.2. The van der Waals surface area contributed by atoms with Crippen molar-refractivity contribution >= 4 is 17.6 Å².